The second-order valence-corrected chi connectivity index (χ2v) is 24.0. The highest BCUT2D eigenvalue weighted by atomic mass is 79.9. The van der Waals surface area contributed by atoms with E-state index in [-0.39, 0.29) is 60.6 Å². The lowest BCUT2D eigenvalue weighted by molar-refractivity contribution is -0.152. The summed E-state index contributed by atoms with van der Waals surface area (Å²) >= 11 is 13.4. The van der Waals surface area contributed by atoms with E-state index in [1.54, 1.807) is 58.1 Å². The van der Waals surface area contributed by atoms with Crippen LogP contribution < -0.4 is 47.3 Å². The zero-order chi connectivity index (χ0) is 64.7. The number of alkyl carbamates (subject to hydrolysis) is 1. The summed E-state index contributed by atoms with van der Waals surface area (Å²) in [7, 11) is 4.20. The standard InChI is InChI=1S/C58H78Br2ClF3N8O15/c1-30(2)48(70-45(73)18-11-10-15-32(4)84-52(77)35(28-59)29-60)51(76)69-39(16-13-21-66-53(65)78)50(75)68-38-20-19-36(25-37(38)58(62,63)64)67-54(79)86-44-26-46(74)72(7)40-23-34(24-41(82-8)47(40)61)22-31(3)14-12-17-43(83-9)57(81)27-42(85-55(80)71-57)33(5)49-56(44,6)87-49/h12,14,17,19-20,23-25,30,32-33,35,39,42-44,48-49,81H,10-11,13,15-16,18,21-22,26-29H2,1-9H3,(H,67,79)(H,68,75)(H,69,76)(H,70,73)(H,71,80)(H3,65,66,78)/b17-12+,31-14+/t32?,33-,39+,42+,43-,44+,48+,49+,56+,57+/m1/s1. The van der Waals surface area contributed by atoms with Crippen LogP contribution in [0.4, 0.5) is 44.6 Å². The third kappa shape index (κ3) is 19.9. The number of nitrogens with one attached hydrogen (secondary N) is 6. The van der Waals surface area contributed by atoms with Crippen LogP contribution in [-0.2, 0) is 60.3 Å². The van der Waals surface area contributed by atoms with Gasteiger partial charge in [-0.15, -0.1) is 0 Å². The molecule has 0 radical (unpaired) electrons. The van der Waals surface area contributed by atoms with E-state index in [4.69, 9.17) is 45.8 Å². The maximum Gasteiger partial charge on any atom is 0.418 e. The van der Waals surface area contributed by atoms with Crippen LogP contribution in [0.3, 0.4) is 0 Å². The predicted octanol–water partition coefficient (Wildman–Crippen LogP) is 8.30. The van der Waals surface area contributed by atoms with Crippen molar-refractivity contribution >= 4 is 108 Å². The summed E-state index contributed by atoms with van der Waals surface area (Å²) in [5, 5.41) is 27.3. The molecule has 482 valence electrons. The monoisotopic (exact) mass is 1380 g/mol. The van der Waals surface area contributed by atoms with Crippen LogP contribution in [0.1, 0.15) is 104 Å². The number of ether oxygens (including phenoxy) is 6. The number of halogens is 6. The second-order valence-electron chi connectivity index (χ2n) is 22.3. The van der Waals surface area contributed by atoms with Crippen LogP contribution in [0.25, 0.3) is 0 Å². The maximum atomic E-state index is 15.0. The number of unbranched alkanes of at least 4 members (excludes halogenated alkanes) is 1. The molecule has 3 heterocycles. The quantitative estimate of drug-likeness (QED) is 0.0171. The Morgan fingerprint density at radius 1 is 0.989 bits per heavy atom. The van der Waals surface area contributed by atoms with Crippen LogP contribution in [0.2, 0.25) is 5.02 Å². The first-order valence-corrected chi connectivity index (χ1v) is 30.8. The van der Waals surface area contributed by atoms with Gasteiger partial charge in [0, 0.05) is 55.8 Å². The first-order chi connectivity index (χ1) is 40.9. The number of nitrogens with zero attached hydrogens (tertiary/aromatic N) is 1. The van der Waals surface area contributed by atoms with E-state index in [1.165, 1.54) is 33.1 Å². The van der Waals surface area contributed by atoms with E-state index < -0.39 is 137 Å². The van der Waals surface area contributed by atoms with Gasteiger partial charge in [-0.2, -0.15) is 13.2 Å². The van der Waals surface area contributed by atoms with Gasteiger partial charge in [-0.1, -0.05) is 88.0 Å². The van der Waals surface area contributed by atoms with E-state index in [0.29, 0.717) is 48.0 Å². The molecule has 29 heteroatoms. The van der Waals surface area contributed by atoms with Crippen LogP contribution in [0, 0.1) is 17.8 Å². The van der Waals surface area contributed by atoms with E-state index in [2.05, 4.69) is 63.8 Å². The normalized spacial score (nSPS) is 24.3. The number of nitrogens with two attached hydrogens (primary N) is 1. The number of epoxide rings is 1. The molecule has 23 nitrogen and oxygen atoms in total. The molecule has 2 aromatic carbocycles. The van der Waals surface area contributed by atoms with Gasteiger partial charge in [0.15, 0.2) is 5.72 Å². The highest BCUT2D eigenvalue weighted by molar-refractivity contribution is 9.09. The Kier molecular flexibility index (Phi) is 26.2. The molecule has 2 fully saturated rings. The average Bonchev–Trinajstić information content (AvgIpc) is 1.67. The lowest BCUT2D eigenvalue weighted by Crippen LogP contribution is -2.63. The Hall–Kier alpha value is -6.20. The van der Waals surface area contributed by atoms with Gasteiger partial charge >= 0.3 is 30.4 Å². The molecule has 87 heavy (non-hydrogen) atoms. The van der Waals surface area contributed by atoms with Crippen LogP contribution in [0.5, 0.6) is 5.75 Å². The zero-order valence-corrected chi connectivity index (χ0v) is 53.8. The summed E-state index contributed by atoms with van der Waals surface area (Å²) in [5.41, 5.74) is 0.744. The third-order valence-electron chi connectivity index (χ3n) is 15.2. The second kappa shape index (κ2) is 31.8. The summed E-state index contributed by atoms with van der Waals surface area (Å²) in [6.45, 7) is 9.98. The number of allylic oxidation sites excluding steroid dienone is 3. The Balaban J connectivity index is 1.37. The molecule has 8 amide bonds. The Morgan fingerprint density at radius 2 is 1.69 bits per heavy atom. The van der Waals surface area contributed by atoms with Gasteiger partial charge in [0.05, 0.1) is 48.6 Å². The molecular formula is C58H78Br2ClF3N8O15. The van der Waals surface area contributed by atoms with Gasteiger partial charge in [0.25, 0.3) is 0 Å². The molecule has 1 unspecified atom stereocenters. The number of primary amides is 1. The van der Waals surface area contributed by atoms with Crippen molar-refractivity contribution in [2.45, 2.75) is 159 Å². The van der Waals surface area contributed by atoms with Crippen molar-refractivity contribution in [3.05, 3.63) is 70.3 Å². The number of hydrogen-bond donors (Lipinski definition) is 8. The molecule has 3 aliphatic rings. The molecule has 2 saturated heterocycles. The highest BCUT2D eigenvalue weighted by Crippen LogP contribution is 2.49. The number of methoxy groups -OCH3 is 2. The Labute approximate surface area is 525 Å². The molecule has 3 aliphatic heterocycles. The summed E-state index contributed by atoms with van der Waals surface area (Å²) in [5.74, 6) is -4.84. The van der Waals surface area contributed by atoms with Gasteiger partial charge in [0.1, 0.15) is 46.8 Å². The van der Waals surface area contributed by atoms with Gasteiger partial charge < -0.3 is 65.4 Å². The number of anilines is 3. The summed E-state index contributed by atoms with van der Waals surface area (Å²) in [6.07, 6.45) is -6.69. The van der Waals surface area contributed by atoms with Crippen LogP contribution >= 0.6 is 43.5 Å². The SMILES string of the molecule is COc1cc2cc(c1Cl)N(C)C(=O)C[C@H](OC(=O)Nc1ccc(NC(=O)[C@H](CCCNC(N)=O)NC(=O)[C@@H](NC(=O)CCCCC(C)OC(=O)C(CBr)CBr)C(C)C)c(C(F)(F)F)c1)[C@]1(C)O[C@H]1[C@H](C)[C@@H]1C[C@@](O)(NC(=O)O1)[C@H](OC)/C=C/C=C(\C)C2. The number of rotatable bonds is 23. The van der Waals surface area contributed by atoms with Gasteiger partial charge in [-0.05, 0) is 101 Å². The largest absolute Gasteiger partial charge is 0.495 e. The van der Waals surface area contributed by atoms with E-state index in [9.17, 15) is 43.5 Å². The number of carbonyl (C=O) groups excluding carboxylic acids is 8. The molecule has 10 atom stereocenters. The van der Waals surface area contributed by atoms with E-state index in [1.807, 2.05) is 6.92 Å². The van der Waals surface area contributed by atoms with Gasteiger partial charge in [-0.3, -0.25) is 34.6 Å². The minimum Gasteiger partial charge on any atom is -0.495 e. The number of esters is 1. The van der Waals surface area contributed by atoms with Crippen LogP contribution in [-0.4, -0.2) is 145 Å². The van der Waals surface area contributed by atoms with Crippen molar-refractivity contribution in [1.29, 1.82) is 0 Å². The fourth-order valence-corrected chi connectivity index (χ4v) is 12.0. The number of aliphatic hydroxyl groups is 1. The van der Waals surface area contributed by atoms with Crippen molar-refractivity contribution < 1.29 is 85.1 Å². The molecule has 5 rings (SSSR count). The van der Waals surface area contributed by atoms with Crippen molar-refractivity contribution in [1.82, 2.24) is 21.3 Å². The van der Waals surface area contributed by atoms with E-state index >= 15 is 13.2 Å². The minimum atomic E-state index is -5.18. The molecule has 0 aromatic heterocycles. The molecular weight excluding hydrogens is 1300 g/mol. The number of urea groups is 1. The van der Waals surface area contributed by atoms with Crippen LogP contribution in [0.15, 0.2) is 54.1 Å². The van der Waals surface area contributed by atoms with Crippen molar-refractivity contribution in [3.63, 3.8) is 0 Å². The summed E-state index contributed by atoms with van der Waals surface area (Å²) in [4.78, 5) is 108. The predicted molar refractivity (Wildman–Crippen MR) is 323 cm³/mol. The maximum absolute atomic E-state index is 15.0. The molecule has 2 aromatic rings. The lowest BCUT2D eigenvalue weighted by atomic mass is 9.83. The van der Waals surface area contributed by atoms with Crippen molar-refractivity contribution in [2.24, 2.45) is 23.5 Å². The topological polar surface area (TPSA) is 317 Å². The third-order valence-corrected chi connectivity index (χ3v) is 17.1. The summed E-state index contributed by atoms with van der Waals surface area (Å²) in [6, 6.07) is 2.20. The first-order valence-electron chi connectivity index (χ1n) is 28.2. The fourth-order valence-electron chi connectivity index (χ4n) is 10.1. The number of fused-ring (bicyclic) bond motifs is 5. The minimum absolute atomic E-state index is 0.000941. The van der Waals surface area contributed by atoms with E-state index in [0.717, 1.165) is 17.7 Å². The average molecular weight is 1380 g/mol. The lowest BCUT2D eigenvalue weighted by Gasteiger charge is -2.42. The van der Waals surface area contributed by atoms with Gasteiger partial charge in [-0.25, -0.2) is 14.4 Å². The Bertz CT molecular complexity index is 2890. The number of hydrogen-bond acceptors (Lipinski definition) is 15. The Morgan fingerprint density at radius 3 is 2.32 bits per heavy atom. The van der Waals surface area contributed by atoms with Crippen molar-refractivity contribution in [3.8, 4) is 5.75 Å². The number of carbonyl (C=O) groups is 8. The molecule has 4 bridgehead atoms. The van der Waals surface area contributed by atoms with Gasteiger partial charge in [0.2, 0.25) is 23.6 Å². The number of benzene rings is 2. The highest BCUT2D eigenvalue weighted by Gasteiger charge is 2.64. The number of amides is 8. The fraction of sp³-hybridized carbons (Fsp3) is 0.586. The zero-order valence-electron chi connectivity index (χ0n) is 49.8. The molecule has 9 N–H and O–H groups in total. The first kappa shape index (κ1) is 71.6. The summed E-state index contributed by atoms with van der Waals surface area (Å²) < 4.78 is 79.6. The molecule has 0 aliphatic carbocycles. The molecule has 0 saturated carbocycles. The number of alkyl halides is 5. The molecule has 0 spiro atoms. The smallest absolute Gasteiger partial charge is 0.418 e. The van der Waals surface area contributed by atoms with Crippen molar-refractivity contribution in [2.75, 3.05) is 54.0 Å².